The van der Waals surface area contributed by atoms with Gasteiger partial charge in [0.15, 0.2) is 4.34 Å². The fourth-order valence-corrected chi connectivity index (χ4v) is 2.99. The van der Waals surface area contributed by atoms with Crippen molar-refractivity contribution in [2.75, 3.05) is 5.75 Å². The Labute approximate surface area is 112 Å². The number of hydrogen-bond donors (Lipinski definition) is 2. The van der Waals surface area contributed by atoms with Crippen molar-refractivity contribution >= 4 is 41.8 Å². The molecule has 0 aliphatic carbocycles. The van der Waals surface area contributed by atoms with Crippen LogP contribution in [0.2, 0.25) is 0 Å². The number of thiazole rings is 1. The van der Waals surface area contributed by atoms with Crippen LogP contribution in [0.15, 0.2) is 29.1 Å². The Kier molecular flexibility index (Phi) is 4.35. The van der Waals surface area contributed by atoms with Gasteiger partial charge >= 0.3 is 0 Å². The van der Waals surface area contributed by atoms with E-state index in [-0.39, 0.29) is 5.91 Å². The number of thioether (sulfide) groups is 1. The van der Waals surface area contributed by atoms with Crippen LogP contribution in [0, 0.1) is 0 Å². The van der Waals surface area contributed by atoms with E-state index >= 15 is 0 Å². The Hall–Kier alpha value is -1.12. The van der Waals surface area contributed by atoms with E-state index in [1.165, 1.54) is 29.4 Å². The van der Waals surface area contributed by atoms with Crippen molar-refractivity contribution in [1.82, 2.24) is 19.7 Å². The van der Waals surface area contributed by atoms with Crippen molar-refractivity contribution < 1.29 is 4.79 Å². The molecule has 0 saturated carbocycles. The quantitative estimate of drug-likeness (QED) is 0.660. The monoisotopic (exact) mass is 284 g/mol. The fraction of sp³-hybridized carbons (Fsp3) is 0.111. The highest BCUT2D eigenvalue weighted by Gasteiger charge is 2.07. The predicted octanol–water partition coefficient (Wildman–Crippen LogP) is 1.65. The topological polar surface area (TPSA) is 67.8 Å². The van der Waals surface area contributed by atoms with Gasteiger partial charge < -0.3 is 4.72 Å². The number of carbonyl (C=O) groups is 1. The minimum absolute atomic E-state index is 0.142. The third-order valence-corrected chi connectivity index (χ3v) is 4.20. The number of hydrogen-bond acceptors (Lipinski definition) is 7. The standard InChI is InChI=1S/C9H8N4OS3/c14-8(13-15)4-16-9-11-3-7(17-9)6-1-2-10-5-12-6/h1-3,5,15H,4H2,(H,13,14). The first-order chi connectivity index (χ1) is 8.29. The van der Waals surface area contributed by atoms with Gasteiger partial charge in [0.1, 0.15) is 6.33 Å². The summed E-state index contributed by atoms with van der Waals surface area (Å²) in [4.78, 5) is 24.2. The first-order valence-corrected chi connectivity index (χ1v) is 6.82. The molecule has 0 aliphatic heterocycles. The molecule has 2 rings (SSSR count). The van der Waals surface area contributed by atoms with E-state index in [9.17, 15) is 4.79 Å². The first kappa shape index (κ1) is 12.3. The Morgan fingerprint density at radius 2 is 2.41 bits per heavy atom. The molecule has 2 heterocycles. The van der Waals surface area contributed by atoms with Crippen LogP contribution in [0.5, 0.6) is 0 Å². The molecule has 2 aromatic heterocycles. The zero-order valence-corrected chi connectivity index (χ0v) is 11.1. The van der Waals surface area contributed by atoms with Crippen LogP contribution < -0.4 is 4.72 Å². The van der Waals surface area contributed by atoms with Gasteiger partial charge in [-0.25, -0.2) is 15.0 Å². The average molecular weight is 284 g/mol. The molecule has 8 heteroatoms. The van der Waals surface area contributed by atoms with Crippen molar-refractivity contribution in [3.05, 3.63) is 24.8 Å². The third kappa shape index (κ3) is 3.42. The van der Waals surface area contributed by atoms with Gasteiger partial charge in [-0.3, -0.25) is 4.79 Å². The number of rotatable bonds is 4. The maximum atomic E-state index is 11.0. The zero-order chi connectivity index (χ0) is 12.1. The van der Waals surface area contributed by atoms with Gasteiger partial charge in [-0.05, 0) is 6.07 Å². The van der Waals surface area contributed by atoms with Crippen molar-refractivity contribution in [1.29, 1.82) is 0 Å². The molecule has 1 N–H and O–H groups in total. The highest BCUT2D eigenvalue weighted by atomic mass is 32.2. The second kappa shape index (κ2) is 5.99. The number of thiol groups is 1. The summed E-state index contributed by atoms with van der Waals surface area (Å²) < 4.78 is 3.09. The zero-order valence-electron chi connectivity index (χ0n) is 8.53. The third-order valence-electron chi connectivity index (χ3n) is 1.77. The molecule has 5 nitrogen and oxygen atoms in total. The molecule has 0 fully saturated rings. The SMILES string of the molecule is O=C(CSc1ncc(-c2ccncn2)s1)NS. The second-order valence-corrected chi connectivity index (χ2v) is 5.39. The number of amides is 1. The summed E-state index contributed by atoms with van der Waals surface area (Å²) in [6, 6.07) is 1.82. The summed E-state index contributed by atoms with van der Waals surface area (Å²) in [5, 5.41) is 0. The molecular formula is C9H8N4OS3. The fourth-order valence-electron chi connectivity index (χ4n) is 1.04. The van der Waals surface area contributed by atoms with Crippen LogP contribution in [0.1, 0.15) is 0 Å². The lowest BCUT2D eigenvalue weighted by atomic mass is 10.4. The number of nitrogens with zero attached hydrogens (tertiary/aromatic N) is 3. The maximum absolute atomic E-state index is 11.0. The Balaban J connectivity index is 2.04. The number of aromatic nitrogens is 3. The number of nitrogens with one attached hydrogen (secondary N) is 1. The highest BCUT2D eigenvalue weighted by Crippen LogP contribution is 2.29. The predicted molar refractivity (Wildman–Crippen MR) is 71.0 cm³/mol. The molecule has 0 unspecified atom stereocenters. The van der Waals surface area contributed by atoms with E-state index in [0.717, 1.165) is 14.9 Å². The van der Waals surface area contributed by atoms with Crippen LogP contribution in [0.3, 0.4) is 0 Å². The molecule has 17 heavy (non-hydrogen) atoms. The average Bonchev–Trinajstić information content (AvgIpc) is 2.86. The highest BCUT2D eigenvalue weighted by molar-refractivity contribution is 8.01. The van der Waals surface area contributed by atoms with Gasteiger partial charge in [-0.2, -0.15) is 0 Å². The molecule has 0 saturated heterocycles. The van der Waals surface area contributed by atoms with Crippen LogP contribution in [0.25, 0.3) is 10.6 Å². The smallest absolute Gasteiger partial charge is 0.240 e. The van der Waals surface area contributed by atoms with Crippen molar-refractivity contribution in [2.24, 2.45) is 0 Å². The Bertz CT molecular complexity index is 502. The van der Waals surface area contributed by atoms with Crippen molar-refractivity contribution in [2.45, 2.75) is 4.34 Å². The van der Waals surface area contributed by atoms with Crippen LogP contribution in [0.4, 0.5) is 0 Å². The van der Waals surface area contributed by atoms with E-state index < -0.39 is 0 Å². The normalized spacial score (nSPS) is 10.2. The summed E-state index contributed by atoms with van der Waals surface area (Å²) in [5.74, 6) is 0.164. The molecule has 0 bridgehead atoms. The molecule has 88 valence electrons. The summed E-state index contributed by atoms with van der Waals surface area (Å²) in [6.45, 7) is 0. The minimum Gasteiger partial charge on any atom is -0.302 e. The first-order valence-electron chi connectivity index (χ1n) is 4.57. The number of carbonyl (C=O) groups excluding carboxylic acids is 1. The summed E-state index contributed by atoms with van der Waals surface area (Å²) in [6.07, 6.45) is 4.92. The molecule has 2 aromatic rings. The summed E-state index contributed by atoms with van der Waals surface area (Å²) in [5.41, 5.74) is 0.836. The van der Waals surface area contributed by atoms with Gasteiger partial charge in [0.05, 0.1) is 16.3 Å². The summed E-state index contributed by atoms with van der Waals surface area (Å²) in [7, 11) is 0. The Morgan fingerprint density at radius 3 is 3.12 bits per heavy atom. The molecule has 0 atom stereocenters. The lowest BCUT2D eigenvalue weighted by Crippen LogP contribution is -2.14. The van der Waals surface area contributed by atoms with Crippen molar-refractivity contribution in [3.8, 4) is 10.6 Å². The summed E-state index contributed by atoms with van der Waals surface area (Å²) >= 11 is 6.54. The van der Waals surface area contributed by atoms with Crippen LogP contribution in [-0.4, -0.2) is 26.6 Å². The van der Waals surface area contributed by atoms with Gasteiger partial charge in [0.2, 0.25) is 5.91 Å². The van der Waals surface area contributed by atoms with E-state index in [1.807, 2.05) is 6.07 Å². The molecule has 0 aliphatic rings. The lowest BCUT2D eigenvalue weighted by molar-refractivity contribution is -0.116. The van der Waals surface area contributed by atoms with E-state index in [0.29, 0.717) is 5.75 Å². The molecule has 0 aromatic carbocycles. The molecule has 0 spiro atoms. The van der Waals surface area contributed by atoms with Gasteiger partial charge in [0.25, 0.3) is 0 Å². The van der Waals surface area contributed by atoms with Gasteiger partial charge in [0, 0.05) is 12.4 Å². The molecule has 1 amide bonds. The maximum Gasteiger partial charge on any atom is 0.240 e. The van der Waals surface area contributed by atoms with E-state index in [2.05, 4.69) is 32.5 Å². The minimum atomic E-state index is -0.142. The van der Waals surface area contributed by atoms with Gasteiger partial charge in [-0.15, -0.1) is 11.3 Å². The van der Waals surface area contributed by atoms with E-state index in [1.54, 1.807) is 12.4 Å². The van der Waals surface area contributed by atoms with Gasteiger partial charge in [-0.1, -0.05) is 24.6 Å². The Morgan fingerprint density at radius 1 is 1.53 bits per heavy atom. The van der Waals surface area contributed by atoms with Crippen LogP contribution >= 0.6 is 35.9 Å². The van der Waals surface area contributed by atoms with E-state index in [4.69, 9.17) is 0 Å². The van der Waals surface area contributed by atoms with Crippen LogP contribution in [-0.2, 0) is 4.79 Å². The molecular weight excluding hydrogens is 276 g/mol. The molecule has 0 radical (unpaired) electrons. The largest absolute Gasteiger partial charge is 0.302 e. The second-order valence-electron chi connectivity index (χ2n) is 2.91. The lowest BCUT2D eigenvalue weighted by Gasteiger charge is -1.95. The van der Waals surface area contributed by atoms with Crippen molar-refractivity contribution in [3.63, 3.8) is 0 Å².